The highest BCUT2D eigenvalue weighted by molar-refractivity contribution is 5.97. The first kappa shape index (κ1) is 14.4. The van der Waals surface area contributed by atoms with Gasteiger partial charge in [0.15, 0.2) is 5.96 Å². The van der Waals surface area contributed by atoms with Crippen molar-refractivity contribution in [3.63, 3.8) is 0 Å². The zero-order valence-electron chi connectivity index (χ0n) is 12.9. The van der Waals surface area contributed by atoms with Crippen molar-refractivity contribution in [1.82, 2.24) is 10.3 Å². The molecule has 1 aliphatic heterocycles. The average Bonchev–Trinajstić information content (AvgIpc) is 3.00. The number of anilines is 1. The maximum absolute atomic E-state index is 5.29. The number of pyridine rings is 1. The number of aliphatic imine (C=N–C) groups is 1. The number of aromatic nitrogens is 1. The molecule has 0 saturated carbocycles. The molecule has 2 heterocycles. The van der Waals surface area contributed by atoms with Crippen molar-refractivity contribution < 1.29 is 4.74 Å². The van der Waals surface area contributed by atoms with Crippen molar-refractivity contribution in [2.45, 2.75) is 13.0 Å². The lowest BCUT2D eigenvalue weighted by Crippen LogP contribution is -2.40. The summed E-state index contributed by atoms with van der Waals surface area (Å²) in [6, 6.07) is 12.4. The van der Waals surface area contributed by atoms with E-state index in [9.17, 15) is 0 Å². The number of nitrogens with zero attached hydrogens (tertiary/aromatic N) is 3. The summed E-state index contributed by atoms with van der Waals surface area (Å²) in [4.78, 5) is 10.8. The molecule has 0 amide bonds. The van der Waals surface area contributed by atoms with Crippen LogP contribution in [-0.2, 0) is 13.0 Å². The lowest BCUT2D eigenvalue weighted by atomic mass is 10.2. The van der Waals surface area contributed by atoms with Crippen molar-refractivity contribution in [3.05, 3.63) is 53.7 Å². The first-order chi connectivity index (χ1) is 10.8. The number of guanidine groups is 1. The Bertz CT molecular complexity index is 684. The van der Waals surface area contributed by atoms with Crippen molar-refractivity contribution >= 4 is 11.6 Å². The van der Waals surface area contributed by atoms with E-state index in [0.29, 0.717) is 12.4 Å². The first-order valence-electron chi connectivity index (χ1n) is 7.37. The van der Waals surface area contributed by atoms with Gasteiger partial charge in [0.2, 0.25) is 5.88 Å². The van der Waals surface area contributed by atoms with E-state index in [2.05, 4.69) is 44.5 Å². The molecule has 5 nitrogen and oxygen atoms in total. The normalized spacial score (nSPS) is 13.9. The molecule has 3 rings (SSSR count). The second kappa shape index (κ2) is 6.47. The Morgan fingerprint density at radius 3 is 3.00 bits per heavy atom. The Kier molecular flexibility index (Phi) is 4.23. The summed E-state index contributed by atoms with van der Waals surface area (Å²) in [6.07, 6.45) is 2.78. The van der Waals surface area contributed by atoms with Crippen LogP contribution in [0, 0.1) is 0 Å². The summed E-state index contributed by atoms with van der Waals surface area (Å²) in [5.74, 6) is 1.52. The van der Waals surface area contributed by atoms with Crippen LogP contribution in [0.1, 0.15) is 11.1 Å². The van der Waals surface area contributed by atoms with Gasteiger partial charge in [0.05, 0.1) is 7.11 Å². The summed E-state index contributed by atoms with van der Waals surface area (Å²) >= 11 is 0. The Labute approximate surface area is 130 Å². The van der Waals surface area contributed by atoms with Gasteiger partial charge in [-0.15, -0.1) is 0 Å². The standard InChI is InChI=1S/C17H20N4O/c1-18-17(20-12-14-7-5-10-19-16(14)22-2)21-11-9-13-6-3-4-8-15(13)21/h3-8,10H,9,11-12H2,1-2H3,(H,18,20). The van der Waals surface area contributed by atoms with Crippen LogP contribution in [0.3, 0.4) is 0 Å². The van der Waals surface area contributed by atoms with E-state index in [-0.39, 0.29) is 0 Å². The van der Waals surface area contributed by atoms with Crippen LogP contribution in [0.4, 0.5) is 5.69 Å². The van der Waals surface area contributed by atoms with Gasteiger partial charge in [-0.25, -0.2) is 4.98 Å². The van der Waals surface area contributed by atoms with Crippen LogP contribution in [0.2, 0.25) is 0 Å². The van der Waals surface area contributed by atoms with Gasteiger partial charge in [-0.2, -0.15) is 0 Å². The monoisotopic (exact) mass is 296 g/mol. The van der Waals surface area contributed by atoms with Gasteiger partial charge in [-0.3, -0.25) is 4.99 Å². The van der Waals surface area contributed by atoms with Gasteiger partial charge in [0, 0.05) is 37.6 Å². The molecule has 0 spiro atoms. The molecule has 0 radical (unpaired) electrons. The number of hydrogen-bond donors (Lipinski definition) is 1. The minimum absolute atomic E-state index is 0.627. The molecule has 0 bridgehead atoms. The molecule has 1 aromatic carbocycles. The van der Waals surface area contributed by atoms with E-state index in [1.54, 1.807) is 13.3 Å². The Morgan fingerprint density at radius 1 is 1.32 bits per heavy atom. The minimum Gasteiger partial charge on any atom is -0.481 e. The Hall–Kier alpha value is -2.56. The fourth-order valence-electron chi connectivity index (χ4n) is 2.77. The van der Waals surface area contributed by atoms with Crippen LogP contribution in [-0.4, -0.2) is 31.6 Å². The second-order valence-corrected chi connectivity index (χ2v) is 5.10. The molecule has 0 fully saturated rings. The second-order valence-electron chi connectivity index (χ2n) is 5.10. The molecular weight excluding hydrogens is 276 g/mol. The van der Waals surface area contributed by atoms with Gasteiger partial charge in [0.1, 0.15) is 0 Å². The summed E-state index contributed by atoms with van der Waals surface area (Å²) in [7, 11) is 3.45. The number of benzene rings is 1. The topological polar surface area (TPSA) is 49.8 Å². The van der Waals surface area contributed by atoms with Crippen molar-refractivity contribution in [2.75, 3.05) is 25.6 Å². The lowest BCUT2D eigenvalue weighted by molar-refractivity contribution is 0.392. The summed E-state index contributed by atoms with van der Waals surface area (Å²) in [5, 5.41) is 3.40. The SMILES string of the molecule is CN=C(NCc1cccnc1OC)N1CCc2ccccc21. The van der Waals surface area contributed by atoms with Gasteiger partial charge >= 0.3 is 0 Å². The minimum atomic E-state index is 0.627. The van der Waals surface area contributed by atoms with E-state index < -0.39 is 0 Å². The third kappa shape index (κ3) is 2.74. The quantitative estimate of drug-likeness (QED) is 0.697. The number of fused-ring (bicyclic) bond motifs is 1. The maximum atomic E-state index is 5.29. The van der Waals surface area contributed by atoms with Gasteiger partial charge in [-0.1, -0.05) is 24.3 Å². The molecule has 0 saturated heterocycles. The molecule has 1 aromatic heterocycles. The molecule has 0 atom stereocenters. The van der Waals surface area contributed by atoms with Crippen molar-refractivity contribution in [1.29, 1.82) is 0 Å². The average molecular weight is 296 g/mol. The molecule has 1 aliphatic rings. The highest BCUT2D eigenvalue weighted by Gasteiger charge is 2.22. The fourth-order valence-corrected chi connectivity index (χ4v) is 2.77. The highest BCUT2D eigenvalue weighted by atomic mass is 16.5. The molecule has 0 unspecified atom stereocenters. The van der Waals surface area contributed by atoms with Gasteiger partial charge < -0.3 is 15.0 Å². The van der Waals surface area contributed by atoms with Crippen LogP contribution < -0.4 is 15.0 Å². The van der Waals surface area contributed by atoms with Crippen LogP contribution in [0.25, 0.3) is 0 Å². The highest BCUT2D eigenvalue weighted by Crippen LogP contribution is 2.27. The first-order valence-corrected chi connectivity index (χ1v) is 7.37. The van der Waals surface area contributed by atoms with E-state index in [0.717, 1.165) is 24.5 Å². The number of rotatable bonds is 3. The lowest BCUT2D eigenvalue weighted by Gasteiger charge is -2.22. The zero-order chi connectivity index (χ0) is 15.4. The number of nitrogens with one attached hydrogen (secondary N) is 1. The van der Waals surface area contributed by atoms with Crippen LogP contribution in [0.5, 0.6) is 5.88 Å². The van der Waals surface area contributed by atoms with Gasteiger partial charge in [0.25, 0.3) is 0 Å². The van der Waals surface area contributed by atoms with E-state index in [1.165, 1.54) is 11.3 Å². The number of methoxy groups -OCH3 is 1. The van der Waals surface area contributed by atoms with Crippen LogP contribution >= 0.6 is 0 Å². The zero-order valence-corrected chi connectivity index (χ0v) is 12.9. The van der Waals surface area contributed by atoms with Crippen molar-refractivity contribution in [2.24, 2.45) is 4.99 Å². The third-order valence-electron chi connectivity index (χ3n) is 3.83. The molecule has 1 N–H and O–H groups in total. The van der Waals surface area contributed by atoms with E-state index in [1.807, 2.05) is 19.2 Å². The number of para-hydroxylation sites is 1. The Balaban J connectivity index is 1.74. The predicted molar refractivity (Wildman–Crippen MR) is 88.5 cm³/mol. The number of hydrogen-bond acceptors (Lipinski definition) is 3. The molecule has 2 aromatic rings. The fraction of sp³-hybridized carbons (Fsp3) is 0.294. The summed E-state index contributed by atoms with van der Waals surface area (Å²) in [5.41, 5.74) is 3.61. The number of ether oxygens (including phenoxy) is 1. The van der Waals surface area contributed by atoms with Gasteiger partial charge in [-0.05, 0) is 24.1 Å². The maximum Gasteiger partial charge on any atom is 0.218 e. The van der Waals surface area contributed by atoms with E-state index in [4.69, 9.17) is 4.74 Å². The molecular formula is C17H20N4O. The molecule has 5 heteroatoms. The predicted octanol–water partition coefficient (Wildman–Crippen LogP) is 2.23. The molecule has 22 heavy (non-hydrogen) atoms. The largest absolute Gasteiger partial charge is 0.481 e. The summed E-state index contributed by atoms with van der Waals surface area (Å²) < 4.78 is 5.29. The van der Waals surface area contributed by atoms with Crippen LogP contribution in [0.15, 0.2) is 47.6 Å². The third-order valence-corrected chi connectivity index (χ3v) is 3.83. The van der Waals surface area contributed by atoms with E-state index >= 15 is 0 Å². The smallest absolute Gasteiger partial charge is 0.218 e. The summed E-state index contributed by atoms with van der Waals surface area (Å²) in [6.45, 7) is 1.57. The molecule has 0 aliphatic carbocycles. The Morgan fingerprint density at radius 2 is 2.18 bits per heavy atom. The molecule has 114 valence electrons. The van der Waals surface area contributed by atoms with Crippen molar-refractivity contribution in [3.8, 4) is 5.88 Å².